The number of rotatable bonds is 6. The molecule has 5 rings (SSSR count). The van der Waals surface area contributed by atoms with E-state index in [-0.39, 0.29) is 34.4 Å². The first kappa shape index (κ1) is 23.1. The van der Waals surface area contributed by atoms with Crippen molar-refractivity contribution in [1.29, 1.82) is 0 Å². The van der Waals surface area contributed by atoms with Crippen molar-refractivity contribution in [3.63, 3.8) is 0 Å². The number of carbonyl (C=O) groups is 3. The molecule has 3 amide bonds. The Balaban J connectivity index is 1.44. The standard InChI is InChI=1S/C21H16F3N5O5S/c22-21(23,24)19-26-27-20(35-19)25-14(30)8-13(9-2-1-3-12(7-9)29(33)34)28-17(31)15-10-4-5-11(6-10)16(15)18(28)32/h1-5,7,10-11,13,15-16H,6,8H2,(H,25,27,30). The number of carbonyl (C=O) groups excluding carboxylic acids is 3. The van der Waals surface area contributed by atoms with Crippen LogP contribution in [0.3, 0.4) is 0 Å². The minimum absolute atomic E-state index is 0.0896. The van der Waals surface area contributed by atoms with E-state index in [9.17, 15) is 37.7 Å². The summed E-state index contributed by atoms with van der Waals surface area (Å²) in [7, 11) is 0. The molecule has 0 spiro atoms. The first-order valence-electron chi connectivity index (χ1n) is 10.5. The van der Waals surface area contributed by atoms with Crippen LogP contribution in [0.25, 0.3) is 0 Å². The number of nitrogens with one attached hydrogen (secondary N) is 1. The molecule has 5 atom stereocenters. The van der Waals surface area contributed by atoms with E-state index in [1.54, 1.807) is 0 Å². The van der Waals surface area contributed by atoms with Crippen LogP contribution in [0.5, 0.6) is 0 Å². The Morgan fingerprint density at radius 3 is 2.43 bits per heavy atom. The number of anilines is 1. The monoisotopic (exact) mass is 507 g/mol. The highest BCUT2D eigenvalue weighted by molar-refractivity contribution is 7.15. The first-order chi connectivity index (χ1) is 16.5. The van der Waals surface area contributed by atoms with Gasteiger partial charge in [0.15, 0.2) is 0 Å². The number of imide groups is 1. The van der Waals surface area contributed by atoms with Gasteiger partial charge in [0, 0.05) is 12.1 Å². The second-order valence-corrected chi connectivity index (χ2v) is 9.55. The third kappa shape index (κ3) is 3.96. The Bertz CT molecular complexity index is 1250. The Kier molecular flexibility index (Phi) is 5.42. The number of fused-ring (bicyclic) bond motifs is 5. The number of nitro groups is 1. The number of amides is 3. The lowest BCUT2D eigenvalue weighted by molar-refractivity contribution is -0.385. The molecule has 1 aliphatic heterocycles. The van der Waals surface area contributed by atoms with Crippen molar-refractivity contribution >= 4 is 39.9 Å². The zero-order valence-corrected chi connectivity index (χ0v) is 18.5. The highest BCUT2D eigenvalue weighted by atomic mass is 32.1. The van der Waals surface area contributed by atoms with Crippen LogP contribution in [-0.4, -0.2) is 37.7 Å². The van der Waals surface area contributed by atoms with Crippen LogP contribution < -0.4 is 5.32 Å². The molecular weight excluding hydrogens is 491 g/mol. The van der Waals surface area contributed by atoms with Crippen molar-refractivity contribution in [1.82, 2.24) is 15.1 Å². The molecule has 3 aliphatic rings. The number of hydrogen-bond acceptors (Lipinski definition) is 8. The third-order valence-electron chi connectivity index (χ3n) is 6.57. The molecular formula is C21H16F3N5O5S. The average Bonchev–Trinajstić information content (AvgIpc) is 3.57. The fourth-order valence-corrected chi connectivity index (χ4v) is 5.80. The topological polar surface area (TPSA) is 135 Å². The average molecular weight is 507 g/mol. The lowest BCUT2D eigenvalue weighted by Crippen LogP contribution is -2.38. The molecule has 2 bridgehead atoms. The summed E-state index contributed by atoms with van der Waals surface area (Å²) in [5.74, 6) is -3.04. The summed E-state index contributed by atoms with van der Waals surface area (Å²) < 4.78 is 38.4. The van der Waals surface area contributed by atoms with Gasteiger partial charge < -0.3 is 5.32 Å². The maximum atomic E-state index is 13.3. The van der Waals surface area contributed by atoms with Crippen molar-refractivity contribution in [2.75, 3.05) is 5.32 Å². The Labute approximate surface area is 199 Å². The number of benzene rings is 1. The number of nitrogens with zero attached hydrogens (tertiary/aromatic N) is 4. The molecule has 1 aromatic carbocycles. The number of nitro benzene ring substituents is 1. The van der Waals surface area contributed by atoms with E-state index in [1.807, 2.05) is 12.2 Å². The van der Waals surface area contributed by atoms with Crippen molar-refractivity contribution < 1.29 is 32.5 Å². The molecule has 14 heteroatoms. The molecule has 2 fully saturated rings. The van der Waals surface area contributed by atoms with E-state index in [4.69, 9.17) is 0 Å². The molecule has 0 radical (unpaired) electrons. The number of hydrogen-bond donors (Lipinski definition) is 1. The lowest BCUT2D eigenvalue weighted by Gasteiger charge is -2.27. The maximum absolute atomic E-state index is 13.3. The van der Waals surface area contributed by atoms with Crippen LogP contribution in [-0.2, 0) is 20.6 Å². The van der Waals surface area contributed by atoms with E-state index in [2.05, 4.69) is 15.5 Å². The van der Waals surface area contributed by atoms with Crippen molar-refractivity contribution in [3.05, 3.63) is 57.1 Å². The highest BCUT2D eigenvalue weighted by Crippen LogP contribution is 2.54. The van der Waals surface area contributed by atoms with Gasteiger partial charge in [0.05, 0.1) is 29.2 Å². The molecule has 5 unspecified atom stereocenters. The van der Waals surface area contributed by atoms with Crippen LogP contribution in [0.1, 0.15) is 29.5 Å². The quantitative estimate of drug-likeness (QED) is 0.274. The summed E-state index contributed by atoms with van der Waals surface area (Å²) in [5.41, 5.74) is -0.113. The largest absolute Gasteiger partial charge is 0.445 e. The summed E-state index contributed by atoms with van der Waals surface area (Å²) in [6.45, 7) is 0. The third-order valence-corrected chi connectivity index (χ3v) is 7.46. The second kappa shape index (κ2) is 8.22. The van der Waals surface area contributed by atoms with Gasteiger partial charge in [-0.25, -0.2) is 0 Å². The van der Waals surface area contributed by atoms with Crippen LogP contribution in [0, 0.1) is 33.8 Å². The van der Waals surface area contributed by atoms with Gasteiger partial charge in [0.2, 0.25) is 27.9 Å². The minimum atomic E-state index is -4.73. The van der Waals surface area contributed by atoms with Gasteiger partial charge in [-0.05, 0) is 23.8 Å². The highest BCUT2D eigenvalue weighted by Gasteiger charge is 2.60. The van der Waals surface area contributed by atoms with Gasteiger partial charge in [-0.2, -0.15) is 13.2 Å². The number of halogens is 3. The van der Waals surface area contributed by atoms with E-state index in [0.29, 0.717) is 6.42 Å². The van der Waals surface area contributed by atoms with E-state index in [0.717, 1.165) is 4.90 Å². The summed E-state index contributed by atoms with van der Waals surface area (Å²) in [6, 6.07) is 4.05. The normalized spacial score (nSPS) is 25.7. The van der Waals surface area contributed by atoms with Gasteiger partial charge in [-0.15, -0.1) is 10.2 Å². The maximum Gasteiger partial charge on any atom is 0.445 e. The van der Waals surface area contributed by atoms with Gasteiger partial charge in [-0.1, -0.05) is 35.6 Å². The fourth-order valence-electron chi connectivity index (χ4n) is 5.17. The van der Waals surface area contributed by atoms with Gasteiger partial charge in [-0.3, -0.25) is 29.4 Å². The summed E-state index contributed by atoms with van der Waals surface area (Å²) in [6.07, 6.45) is -0.749. The van der Waals surface area contributed by atoms with Crippen molar-refractivity contribution in [3.8, 4) is 0 Å². The van der Waals surface area contributed by atoms with Gasteiger partial charge >= 0.3 is 6.18 Å². The second-order valence-electron chi connectivity index (χ2n) is 8.58. The molecule has 2 aliphatic carbocycles. The molecule has 182 valence electrons. The fraction of sp³-hybridized carbons (Fsp3) is 0.381. The number of alkyl halides is 3. The first-order valence-corrected chi connectivity index (χ1v) is 11.4. The molecule has 35 heavy (non-hydrogen) atoms. The van der Waals surface area contributed by atoms with Gasteiger partial charge in [0.1, 0.15) is 0 Å². The summed E-state index contributed by atoms with van der Waals surface area (Å²) in [5, 5.41) is 18.2. The smallest absolute Gasteiger partial charge is 0.300 e. The van der Waals surface area contributed by atoms with E-state index >= 15 is 0 Å². The predicted molar refractivity (Wildman–Crippen MR) is 114 cm³/mol. The van der Waals surface area contributed by atoms with E-state index in [1.165, 1.54) is 24.3 Å². The number of likely N-dealkylation sites (tertiary alicyclic amines) is 1. The summed E-state index contributed by atoms with van der Waals surface area (Å²) >= 11 is 0.129. The van der Waals surface area contributed by atoms with E-state index < -0.39 is 63.3 Å². The van der Waals surface area contributed by atoms with Crippen molar-refractivity contribution in [2.24, 2.45) is 23.7 Å². The minimum Gasteiger partial charge on any atom is -0.300 e. The predicted octanol–water partition coefficient (Wildman–Crippen LogP) is 3.34. The van der Waals surface area contributed by atoms with Crippen LogP contribution >= 0.6 is 11.3 Å². The number of allylic oxidation sites excluding steroid dienone is 2. The van der Waals surface area contributed by atoms with Crippen LogP contribution in [0.2, 0.25) is 0 Å². The lowest BCUT2D eigenvalue weighted by atomic mass is 9.85. The molecule has 2 heterocycles. The number of non-ortho nitro benzene ring substituents is 1. The Morgan fingerprint density at radius 2 is 1.86 bits per heavy atom. The molecule has 1 N–H and O–H groups in total. The van der Waals surface area contributed by atoms with Crippen LogP contribution in [0.4, 0.5) is 24.0 Å². The van der Waals surface area contributed by atoms with Crippen molar-refractivity contribution in [2.45, 2.75) is 25.1 Å². The zero-order chi connectivity index (χ0) is 25.1. The molecule has 1 aromatic heterocycles. The summed E-state index contributed by atoms with van der Waals surface area (Å²) in [4.78, 5) is 51.1. The zero-order valence-electron chi connectivity index (χ0n) is 17.6. The molecule has 1 saturated heterocycles. The Hall–Kier alpha value is -3.68. The molecule has 10 nitrogen and oxygen atoms in total. The molecule has 1 saturated carbocycles. The SMILES string of the molecule is O=C(CC(c1cccc([N+](=O)[O-])c1)N1C(=O)C2C3C=CC(C3)C2C1=O)Nc1nnc(C(F)(F)F)s1. The van der Waals surface area contributed by atoms with Crippen LogP contribution in [0.15, 0.2) is 36.4 Å². The number of aromatic nitrogens is 2. The Morgan fingerprint density at radius 1 is 1.20 bits per heavy atom. The van der Waals surface area contributed by atoms with Gasteiger partial charge in [0.25, 0.3) is 5.69 Å². The molecule has 2 aromatic rings.